The smallest absolute Gasteiger partial charge is 0.211 e. The zero-order valence-corrected chi connectivity index (χ0v) is 14.0. The molecular weight excluding hydrogens is 328 g/mol. The van der Waals surface area contributed by atoms with E-state index in [1.54, 1.807) is 24.8 Å². The summed E-state index contributed by atoms with van der Waals surface area (Å²) in [5.74, 6) is 1.19. The number of amides is 1. The first kappa shape index (κ1) is 17.1. The molecular formula is C19H18N6O. The molecule has 3 N–H and O–H groups in total. The van der Waals surface area contributed by atoms with Gasteiger partial charge in [0.1, 0.15) is 0 Å². The number of carbonyl (C=O) groups excluding carboxylic acids is 1. The van der Waals surface area contributed by atoms with Gasteiger partial charge in [-0.1, -0.05) is 18.7 Å². The van der Waals surface area contributed by atoms with E-state index < -0.39 is 0 Å². The van der Waals surface area contributed by atoms with E-state index in [4.69, 9.17) is 0 Å². The topological polar surface area (TPSA) is 91.8 Å². The first-order valence-electron chi connectivity index (χ1n) is 7.98. The Balaban J connectivity index is 1.89. The molecule has 0 radical (unpaired) electrons. The zero-order valence-electron chi connectivity index (χ0n) is 14.0. The van der Waals surface area contributed by atoms with Crippen LogP contribution in [0.25, 0.3) is 11.3 Å². The van der Waals surface area contributed by atoms with E-state index in [1.165, 1.54) is 0 Å². The maximum absolute atomic E-state index is 10.6. The molecule has 1 amide bonds. The fourth-order valence-corrected chi connectivity index (χ4v) is 2.38. The number of aromatic nitrogens is 3. The predicted octanol–water partition coefficient (Wildman–Crippen LogP) is 3.27. The minimum Gasteiger partial charge on any atom is -0.363 e. The zero-order chi connectivity index (χ0) is 18.2. The lowest BCUT2D eigenvalue weighted by molar-refractivity contribution is -0.105. The van der Waals surface area contributed by atoms with Crippen molar-refractivity contribution in [3.8, 4) is 11.3 Å². The molecule has 7 nitrogen and oxygen atoms in total. The van der Waals surface area contributed by atoms with Crippen LogP contribution in [0, 0.1) is 0 Å². The summed E-state index contributed by atoms with van der Waals surface area (Å²) < 4.78 is 0. The molecule has 2 heterocycles. The van der Waals surface area contributed by atoms with Crippen molar-refractivity contribution in [2.24, 2.45) is 0 Å². The first-order chi connectivity index (χ1) is 12.8. The molecule has 0 spiro atoms. The van der Waals surface area contributed by atoms with Gasteiger partial charge in [0.15, 0.2) is 11.6 Å². The van der Waals surface area contributed by atoms with Gasteiger partial charge in [0, 0.05) is 30.2 Å². The highest BCUT2D eigenvalue weighted by Crippen LogP contribution is 2.25. The number of rotatable bonds is 8. The van der Waals surface area contributed by atoms with Crippen LogP contribution in [0.5, 0.6) is 0 Å². The summed E-state index contributed by atoms with van der Waals surface area (Å²) in [5.41, 5.74) is 3.31. The summed E-state index contributed by atoms with van der Waals surface area (Å²) in [6.45, 7) is 4.25. The summed E-state index contributed by atoms with van der Waals surface area (Å²) >= 11 is 0. The van der Waals surface area contributed by atoms with Crippen LogP contribution in [0.3, 0.4) is 0 Å². The molecule has 0 atom stereocenters. The molecule has 0 aliphatic rings. The number of carbonyl (C=O) groups is 1. The van der Waals surface area contributed by atoms with Crippen LogP contribution in [0.2, 0.25) is 0 Å². The number of benzene rings is 1. The number of hydrogen-bond acceptors (Lipinski definition) is 6. The Morgan fingerprint density at radius 1 is 1.08 bits per heavy atom. The van der Waals surface area contributed by atoms with E-state index in [0.29, 0.717) is 36.0 Å². The lowest BCUT2D eigenvalue weighted by atomic mass is 10.1. The molecule has 0 saturated carbocycles. The molecule has 0 bridgehead atoms. The molecule has 1 aromatic carbocycles. The molecule has 0 unspecified atom stereocenters. The van der Waals surface area contributed by atoms with Gasteiger partial charge in [0.05, 0.1) is 11.9 Å². The Bertz CT molecular complexity index is 898. The van der Waals surface area contributed by atoms with E-state index in [9.17, 15) is 4.79 Å². The fourth-order valence-electron chi connectivity index (χ4n) is 2.38. The van der Waals surface area contributed by atoms with Crippen LogP contribution in [-0.4, -0.2) is 21.4 Å². The van der Waals surface area contributed by atoms with Crippen LogP contribution in [0.15, 0.2) is 67.8 Å². The average Bonchev–Trinajstić information content (AvgIpc) is 2.69. The van der Waals surface area contributed by atoms with Crippen LogP contribution >= 0.6 is 0 Å². The maximum atomic E-state index is 10.6. The number of pyridine rings is 1. The Morgan fingerprint density at radius 2 is 1.92 bits per heavy atom. The minimum atomic E-state index is 0.583. The molecule has 7 heteroatoms. The lowest BCUT2D eigenvalue weighted by Gasteiger charge is -2.12. The molecule has 0 aliphatic carbocycles. The quantitative estimate of drug-likeness (QED) is 0.542. The number of hydrogen-bond donors (Lipinski definition) is 3. The Morgan fingerprint density at radius 3 is 2.69 bits per heavy atom. The van der Waals surface area contributed by atoms with E-state index >= 15 is 0 Å². The third-order valence-electron chi connectivity index (χ3n) is 3.60. The second-order valence-corrected chi connectivity index (χ2v) is 5.35. The number of nitrogens with zero attached hydrogens (tertiary/aromatic N) is 3. The van der Waals surface area contributed by atoms with E-state index in [-0.39, 0.29) is 0 Å². The second kappa shape index (κ2) is 8.39. The summed E-state index contributed by atoms with van der Waals surface area (Å²) in [7, 11) is 0. The Hall–Kier alpha value is -3.74. The summed E-state index contributed by atoms with van der Waals surface area (Å²) in [4.78, 5) is 23.7. The van der Waals surface area contributed by atoms with Gasteiger partial charge in [-0.05, 0) is 36.0 Å². The molecule has 26 heavy (non-hydrogen) atoms. The highest BCUT2D eigenvalue weighted by Gasteiger charge is 2.09. The highest BCUT2D eigenvalue weighted by molar-refractivity contribution is 5.75. The number of nitrogens with one attached hydrogen (secondary N) is 3. The molecule has 0 fully saturated rings. The second-order valence-electron chi connectivity index (χ2n) is 5.35. The van der Waals surface area contributed by atoms with Crippen molar-refractivity contribution in [2.45, 2.75) is 6.54 Å². The van der Waals surface area contributed by atoms with Crippen molar-refractivity contribution in [3.05, 3.63) is 73.3 Å². The van der Waals surface area contributed by atoms with Crippen LogP contribution in [0.4, 0.5) is 17.3 Å². The third kappa shape index (κ3) is 4.21. The van der Waals surface area contributed by atoms with Crippen molar-refractivity contribution >= 4 is 23.7 Å². The molecule has 3 aromatic rings. The summed E-state index contributed by atoms with van der Waals surface area (Å²) in [6, 6.07) is 11.3. The Kier molecular flexibility index (Phi) is 5.51. The average molecular weight is 346 g/mol. The van der Waals surface area contributed by atoms with Crippen molar-refractivity contribution in [2.75, 3.05) is 16.0 Å². The van der Waals surface area contributed by atoms with E-state index in [1.807, 2.05) is 36.4 Å². The largest absolute Gasteiger partial charge is 0.363 e. The Labute approximate surface area is 151 Å². The SMILES string of the molecule is C=CNc1ncc(-c2cccc(NC=O)c2)nc1NCc1ccncc1. The lowest BCUT2D eigenvalue weighted by Crippen LogP contribution is -2.07. The van der Waals surface area contributed by atoms with Crippen molar-refractivity contribution in [1.82, 2.24) is 15.0 Å². The molecule has 0 aliphatic heterocycles. The van der Waals surface area contributed by atoms with Gasteiger partial charge < -0.3 is 16.0 Å². The van der Waals surface area contributed by atoms with Gasteiger partial charge in [-0.3, -0.25) is 9.78 Å². The minimum absolute atomic E-state index is 0.583. The maximum Gasteiger partial charge on any atom is 0.211 e. The van der Waals surface area contributed by atoms with Gasteiger partial charge >= 0.3 is 0 Å². The monoisotopic (exact) mass is 346 g/mol. The number of anilines is 3. The summed E-state index contributed by atoms with van der Waals surface area (Å²) in [6.07, 6.45) is 7.35. The van der Waals surface area contributed by atoms with Crippen molar-refractivity contribution in [3.63, 3.8) is 0 Å². The van der Waals surface area contributed by atoms with E-state index in [0.717, 1.165) is 11.1 Å². The van der Waals surface area contributed by atoms with Gasteiger partial charge in [-0.2, -0.15) is 0 Å². The van der Waals surface area contributed by atoms with Crippen LogP contribution in [0.1, 0.15) is 5.56 Å². The molecule has 3 rings (SSSR count). The molecule has 2 aromatic heterocycles. The van der Waals surface area contributed by atoms with Crippen molar-refractivity contribution in [1.29, 1.82) is 0 Å². The standard InChI is InChI=1S/C19H18N6O/c1-2-21-18-19(22-11-14-6-8-20-9-7-14)25-17(12-23-18)15-4-3-5-16(10-15)24-13-26/h2-10,12-13H,1,11H2,(H,21,23)(H,22,25)(H,24,26). The fraction of sp³-hybridized carbons (Fsp3) is 0.0526. The summed E-state index contributed by atoms with van der Waals surface area (Å²) in [5, 5.41) is 8.90. The normalized spacial score (nSPS) is 10.0. The van der Waals surface area contributed by atoms with Crippen LogP contribution < -0.4 is 16.0 Å². The van der Waals surface area contributed by atoms with Gasteiger partial charge in [-0.15, -0.1) is 0 Å². The highest BCUT2D eigenvalue weighted by atomic mass is 16.1. The van der Waals surface area contributed by atoms with Crippen molar-refractivity contribution < 1.29 is 4.79 Å². The first-order valence-corrected chi connectivity index (χ1v) is 7.98. The van der Waals surface area contributed by atoms with Crippen LogP contribution in [-0.2, 0) is 11.3 Å². The van der Waals surface area contributed by atoms with Gasteiger partial charge in [-0.25, -0.2) is 9.97 Å². The molecule has 0 saturated heterocycles. The molecule has 130 valence electrons. The third-order valence-corrected chi connectivity index (χ3v) is 3.60. The predicted molar refractivity (Wildman–Crippen MR) is 103 cm³/mol. The van der Waals surface area contributed by atoms with Gasteiger partial charge in [0.25, 0.3) is 0 Å². The van der Waals surface area contributed by atoms with E-state index in [2.05, 4.69) is 37.5 Å². The van der Waals surface area contributed by atoms with Gasteiger partial charge in [0.2, 0.25) is 6.41 Å².